The van der Waals surface area contributed by atoms with Crippen LogP contribution in [-0.2, 0) is 0 Å². The molecule has 0 aromatic rings. The van der Waals surface area contributed by atoms with E-state index in [0.717, 1.165) is 0 Å². The standard InChI is InChI=1S/2Cs.K.Rb.Tl.4H. The van der Waals surface area contributed by atoms with Gasteiger partial charge in [0.05, 0.1) is 0 Å². The minimum atomic E-state index is 0. The van der Waals surface area contributed by atoms with E-state index < -0.39 is 0 Å². The molecule has 0 unspecified atom stereocenters. The summed E-state index contributed by atoms with van der Waals surface area (Å²) in [5.41, 5.74) is 0. The van der Waals surface area contributed by atoms with E-state index in [4.69, 9.17) is 0 Å². The summed E-state index contributed by atoms with van der Waals surface area (Å²) in [4.78, 5) is 0. The largest absolute Gasteiger partial charge is 0 e. The quantitative estimate of drug-likeness (QED) is 0.262. The first-order valence-electron chi connectivity index (χ1n) is 0. The van der Waals surface area contributed by atoms with Crippen LogP contribution in [0.2, 0.25) is 0 Å². The first-order chi connectivity index (χ1) is 0. The molecule has 0 fully saturated rings. The third-order valence-electron chi connectivity index (χ3n) is 0. The molecule has 0 N–H and O–H groups in total. The van der Waals surface area contributed by atoms with Crippen molar-refractivity contribution in [3.63, 3.8) is 0 Å². The van der Waals surface area contributed by atoms with E-state index in [2.05, 4.69) is 0 Å². The first kappa shape index (κ1) is 29.2. The maximum Gasteiger partial charge on any atom is 0 e. The molecule has 0 rings (SSSR count). The zero-order valence-electron chi connectivity index (χ0n) is 0.577. The van der Waals surface area contributed by atoms with E-state index in [-0.39, 0.29) is 275 Å². The molecule has 0 nitrogen and oxygen atoms in total. The molecule has 5 heteroatoms. The molecule has 0 aromatic heterocycles. The van der Waals surface area contributed by atoms with Crippen LogP contribution in [-0.4, -0.2) is 275 Å². The average molecular weight is 599 g/mol. The molecule has 0 spiro atoms. The zero-order valence-corrected chi connectivity index (χ0v) is 5.07. The molecule has 0 aliphatic carbocycles. The fourth-order valence-corrected chi connectivity index (χ4v) is 0. The molecule has 0 amide bonds. The van der Waals surface area contributed by atoms with Crippen LogP contribution < -0.4 is 0 Å². The van der Waals surface area contributed by atoms with Crippen LogP contribution >= 0.6 is 0 Å². The molecule has 5 heavy (non-hydrogen) atoms. The van der Waals surface area contributed by atoms with E-state index in [1.807, 2.05) is 0 Å². The predicted octanol–water partition coefficient (Wildman–Crippen LogP) is -2.97. The van der Waals surface area contributed by atoms with Gasteiger partial charge < -0.3 is 0 Å². The Hall–Kier alpha value is 8.47. The predicted molar refractivity (Wildman–Crippen MR) is 34.4 cm³/mol. The van der Waals surface area contributed by atoms with E-state index in [0.29, 0.717) is 0 Å². The first-order valence-corrected chi connectivity index (χ1v) is 0. The van der Waals surface area contributed by atoms with Crippen molar-refractivity contribution in [1.82, 2.24) is 0 Å². The van der Waals surface area contributed by atoms with Gasteiger partial charge in [0.2, 0.25) is 0 Å². The maximum absolute atomic E-state index is 0. The third kappa shape index (κ3) is 19.1. The summed E-state index contributed by atoms with van der Waals surface area (Å²) in [7, 11) is 0. The summed E-state index contributed by atoms with van der Waals surface area (Å²) in [6, 6.07) is 0. The Balaban J connectivity index is 0. The smallest absolute Gasteiger partial charge is 0 e. The number of rotatable bonds is 0. The van der Waals surface area contributed by atoms with Crippen LogP contribution in [0.25, 0.3) is 0 Å². The summed E-state index contributed by atoms with van der Waals surface area (Å²) >= 11 is 0. The van der Waals surface area contributed by atoms with Crippen molar-refractivity contribution in [3.05, 3.63) is 0 Å². The van der Waals surface area contributed by atoms with Crippen molar-refractivity contribution in [1.29, 1.82) is 0 Å². The van der Waals surface area contributed by atoms with Crippen LogP contribution in [0.4, 0.5) is 0 Å². The van der Waals surface area contributed by atoms with E-state index in [1.54, 1.807) is 0 Å². The fraction of sp³-hybridized carbons (Fsp3) is 0. The molecule has 0 atom stereocenters. The van der Waals surface area contributed by atoms with Crippen LogP contribution in [0.1, 0.15) is 0 Å². The number of hydrogen-bond acceptors (Lipinski definition) is 0. The topological polar surface area (TPSA) is 0 Å². The van der Waals surface area contributed by atoms with Gasteiger partial charge in [0, 0.05) is 27.3 Å². The van der Waals surface area contributed by atoms with Crippen molar-refractivity contribution >= 4 is 275 Å². The van der Waals surface area contributed by atoms with Gasteiger partial charge >= 0.3 is 247 Å². The molecule has 0 bridgehead atoms. The molecule has 0 saturated heterocycles. The molecule has 11 valence electrons. The Morgan fingerprint density at radius 3 is 0.800 bits per heavy atom. The molecular formula is H4Cs2KRbTl. The fourth-order valence-electron chi connectivity index (χ4n) is 0. The van der Waals surface area contributed by atoms with Gasteiger partial charge in [-0.25, -0.2) is 0 Å². The normalized spacial score (nSPS) is 0. The molecular weight excluding hydrogens is 595 g/mol. The van der Waals surface area contributed by atoms with Crippen LogP contribution in [0.5, 0.6) is 0 Å². The Morgan fingerprint density at radius 1 is 0.800 bits per heavy atom. The Bertz CT molecular complexity index is 9.61. The van der Waals surface area contributed by atoms with Crippen molar-refractivity contribution < 1.29 is 0 Å². The minimum Gasteiger partial charge on any atom is 0 e. The van der Waals surface area contributed by atoms with E-state index in [1.165, 1.54) is 0 Å². The Labute approximate surface area is 262 Å². The summed E-state index contributed by atoms with van der Waals surface area (Å²) < 4.78 is 0. The molecule has 0 aliphatic rings. The molecule has 0 aliphatic heterocycles. The monoisotopic (exact) mass is 599 g/mol. The average Bonchev–Trinajstić information content (AvgIpc) is 0. The van der Waals surface area contributed by atoms with Gasteiger partial charge in [-0.05, 0) is 0 Å². The van der Waals surface area contributed by atoms with Gasteiger partial charge in [-0.1, -0.05) is 0 Å². The van der Waals surface area contributed by atoms with Crippen molar-refractivity contribution in [2.75, 3.05) is 0 Å². The third-order valence-corrected chi connectivity index (χ3v) is 0. The summed E-state index contributed by atoms with van der Waals surface area (Å²) in [5, 5.41) is 0. The molecule has 0 aromatic carbocycles. The van der Waals surface area contributed by atoms with Gasteiger partial charge in [0.1, 0.15) is 0 Å². The van der Waals surface area contributed by atoms with Crippen LogP contribution in [0.3, 0.4) is 0 Å². The molecule has 0 saturated carbocycles. The van der Waals surface area contributed by atoms with Gasteiger partial charge in [-0.2, -0.15) is 0 Å². The van der Waals surface area contributed by atoms with Crippen LogP contribution in [0, 0.1) is 0 Å². The Morgan fingerprint density at radius 2 is 0.800 bits per heavy atom. The molecule has 0 heterocycles. The second-order valence-electron chi connectivity index (χ2n) is 0. The summed E-state index contributed by atoms with van der Waals surface area (Å²) in [5.74, 6) is 0. The summed E-state index contributed by atoms with van der Waals surface area (Å²) in [6.07, 6.45) is 0. The molecule has 1 radical (unpaired) electrons. The van der Waals surface area contributed by atoms with Crippen molar-refractivity contribution in [2.45, 2.75) is 0 Å². The maximum atomic E-state index is 0. The second-order valence-corrected chi connectivity index (χ2v) is 0. The van der Waals surface area contributed by atoms with Gasteiger partial charge in [-0.15, -0.1) is 0 Å². The van der Waals surface area contributed by atoms with Crippen molar-refractivity contribution in [2.24, 2.45) is 0 Å². The number of hydrogen-bond donors (Lipinski definition) is 0. The minimum absolute atomic E-state index is 0. The summed E-state index contributed by atoms with van der Waals surface area (Å²) in [6.45, 7) is 0. The van der Waals surface area contributed by atoms with E-state index in [9.17, 15) is 0 Å². The van der Waals surface area contributed by atoms with Crippen LogP contribution in [0.15, 0.2) is 0 Å². The van der Waals surface area contributed by atoms with Gasteiger partial charge in [0.15, 0.2) is 0 Å². The van der Waals surface area contributed by atoms with Crippen molar-refractivity contribution in [3.8, 4) is 0 Å². The van der Waals surface area contributed by atoms with Gasteiger partial charge in [-0.3, -0.25) is 0 Å². The van der Waals surface area contributed by atoms with Gasteiger partial charge in [0.25, 0.3) is 0 Å². The zero-order chi connectivity index (χ0) is 0. The second kappa shape index (κ2) is 22.9. The Kier molecular flexibility index (Phi) is 134. The van der Waals surface area contributed by atoms with E-state index >= 15 is 0 Å². The SMILES string of the molecule is [CsH].[CsH].[KH].[RbH].[Tl].